The molecule has 1 aromatic rings. The molecule has 5 nitrogen and oxygen atoms in total. The predicted octanol–water partition coefficient (Wildman–Crippen LogP) is 3.62. The second-order valence-electron chi connectivity index (χ2n) is 6.22. The first-order chi connectivity index (χ1) is 11.0. The molecule has 0 saturated carbocycles. The molecule has 126 valence electrons. The fourth-order valence-electron chi connectivity index (χ4n) is 2.92. The van der Waals surface area contributed by atoms with Crippen LogP contribution < -0.4 is 5.32 Å². The molecular weight excluding hydrogens is 292 g/mol. The lowest BCUT2D eigenvalue weighted by Gasteiger charge is -2.31. The van der Waals surface area contributed by atoms with Gasteiger partial charge >= 0.3 is 6.09 Å². The van der Waals surface area contributed by atoms with E-state index in [2.05, 4.69) is 19.2 Å². The Morgan fingerprint density at radius 2 is 2.09 bits per heavy atom. The lowest BCUT2D eigenvalue weighted by Crippen LogP contribution is -2.44. The number of carbonyl (C=O) groups excluding carboxylic acids is 2. The maximum Gasteiger partial charge on any atom is 0.409 e. The van der Waals surface area contributed by atoms with Crippen LogP contribution in [0.5, 0.6) is 0 Å². The molecule has 0 radical (unpaired) electrons. The zero-order valence-corrected chi connectivity index (χ0v) is 14.2. The Morgan fingerprint density at radius 3 is 2.78 bits per heavy atom. The number of piperidine rings is 1. The van der Waals surface area contributed by atoms with Gasteiger partial charge in [0.15, 0.2) is 0 Å². The van der Waals surface area contributed by atoms with Gasteiger partial charge in [-0.2, -0.15) is 0 Å². The molecule has 1 aliphatic heterocycles. The minimum Gasteiger partial charge on any atom is -0.450 e. The molecule has 1 heterocycles. The number of hydrogen-bond donors (Lipinski definition) is 1. The van der Waals surface area contributed by atoms with Gasteiger partial charge in [0.05, 0.1) is 12.5 Å². The summed E-state index contributed by atoms with van der Waals surface area (Å²) in [4.78, 5) is 26.0. The number of para-hydroxylation sites is 1. The highest BCUT2D eigenvalue weighted by Crippen LogP contribution is 2.25. The topological polar surface area (TPSA) is 58.6 Å². The minimum absolute atomic E-state index is 0.0212. The molecule has 1 saturated heterocycles. The van der Waals surface area contributed by atoms with Gasteiger partial charge in [0.2, 0.25) is 5.91 Å². The summed E-state index contributed by atoms with van der Waals surface area (Å²) in [6.07, 6.45) is 1.29. The third-order valence-corrected chi connectivity index (χ3v) is 4.16. The largest absolute Gasteiger partial charge is 0.450 e. The molecule has 1 unspecified atom stereocenters. The molecule has 2 amide bonds. The van der Waals surface area contributed by atoms with Crippen LogP contribution >= 0.6 is 0 Å². The molecule has 1 atom stereocenters. The van der Waals surface area contributed by atoms with Gasteiger partial charge in [-0.3, -0.25) is 4.79 Å². The van der Waals surface area contributed by atoms with Crippen molar-refractivity contribution in [3.63, 3.8) is 0 Å². The zero-order chi connectivity index (χ0) is 16.8. The predicted molar refractivity (Wildman–Crippen MR) is 90.5 cm³/mol. The number of benzene rings is 1. The Kier molecular flexibility index (Phi) is 6.02. The van der Waals surface area contributed by atoms with E-state index in [-0.39, 0.29) is 17.9 Å². The molecule has 5 heteroatoms. The van der Waals surface area contributed by atoms with Crippen LogP contribution in [0.2, 0.25) is 0 Å². The number of ether oxygens (including phenoxy) is 1. The molecule has 1 N–H and O–H groups in total. The first kappa shape index (κ1) is 17.3. The van der Waals surface area contributed by atoms with Crippen molar-refractivity contribution >= 4 is 17.7 Å². The molecule has 0 bridgehead atoms. The van der Waals surface area contributed by atoms with Crippen LogP contribution in [0.4, 0.5) is 10.5 Å². The third kappa shape index (κ3) is 4.47. The fraction of sp³-hybridized carbons (Fsp3) is 0.556. The van der Waals surface area contributed by atoms with Crippen molar-refractivity contribution in [2.45, 2.75) is 39.5 Å². The maximum absolute atomic E-state index is 12.6. The van der Waals surface area contributed by atoms with Crippen molar-refractivity contribution in [2.24, 2.45) is 5.92 Å². The lowest BCUT2D eigenvalue weighted by atomic mass is 9.96. The molecule has 1 aromatic carbocycles. The molecule has 2 rings (SSSR count). The first-order valence-corrected chi connectivity index (χ1v) is 8.34. The quantitative estimate of drug-likeness (QED) is 0.922. The lowest BCUT2D eigenvalue weighted by molar-refractivity contribution is -0.121. The van der Waals surface area contributed by atoms with E-state index in [1.807, 2.05) is 24.3 Å². The summed E-state index contributed by atoms with van der Waals surface area (Å²) in [5, 5.41) is 3.04. The van der Waals surface area contributed by atoms with Gasteiger partial charge in [0, 0.05) is 18.8 Å². The average Bonchev–Trinajstić information content (AvgIpc) is 2.55. The van der Waals surface area contributed by atoms with Crippen LogP contribution in [0.3, 0.4) is 0 Å². The summed E-state index contributed by atoms with van der Waals surface area (Å²) in [5.74, 6) is 0.134. The first-order valence-electron chi connectivity index (χ1n) is 8.34. The number of anilines is 1. The third-order valence-electron chi connectivity index (χ3n) is 4.16. The smallest absolute Gasteiger partial charge is 0.409 e. The minimum atomic E-state index is -0.326. The van der Waals surface area contributed by atoms with E-state index in [1.54, 1.807) is 11.8 Å². The second-order valence-corrected chi connectivity index (χ2v) is 6.22. The Labute approximate surface area is 138 Å². The molecule has 0 aliphatic carbocycles. The fourth-order valence-corrected chi connectivity index (χ4v) is 2.92. The van der Waals surface area contributed by atoms with E-state index < -0.39 is 0 Å². The summed E-state index contributed by atoms with van der Waals surface area (Å²) in [6.45, 7) is 7.44. The molecule has 1 fully saturated rings. The van der Waals surface area contributed by atoms with Crippen molar-refractivity contribution in [3.05, 3.63) is 29.8 Å². The molecular formula is C18H26N2O3. The summed E-state index contributed by atoms with van der Waals surface area (Å²) >= 11 is 0. The number of nitrogens with one attached hydrogen (secondary N) is 1. The van der Waals surface area contributed by atoms with Gasteiger partial charge in [-0.05, 0) is 37.3 Å². The van der Waals surface area contributed by atoms with Crippen LogP contribution in [0, 0.1) is 5.92 Å². The van der Waals surface area contributed by atoms with Crippen molar-refractivity contribution in [1.29, 1.82) is 0 Å². The van der Waals surface area contributed by atoms with E-state index in [9.17, 15) is 9.59 Å². The normalized spacial score (nSPS) is 17.9. The van der Waals surface area contributed by atoms with Crippen molar-refractivity contribution in [1.82, 2.24) is 4.90 Å². The summed E-state index contributed by atoms with van der Waals surface area (Å²) in [7, 11) is 0. The Morgan fingerprint density at radius 1 is 1.35 bits per heavy atom. The van der Waals surface area contributed by atoms with Gasteiger partial charge < -0.3 is 15.0 Å². The highest BCUT2D eigenvalue weighted by atomic mass is 16.6. The van der Waals surface area contributed by atoms with Crippen LogP contribution in [-0.4, -0.2) is 36.6 Å². The van der Waals surface area contributed by atoms with Crippen LogP contribution in [0.15, 0.2) is 24.3 Å². The number of likely N-dealkylation sites (tertiary alicyclic amines) is 1. The van der Waals surface area contributed by atoms with Crippen molar-refractivity contribution in [3.8, 4) is 0 Å². The van der Waals surface area contributed by atoms with Crippen LogP contribution in [0.25, 0.3) is 0 Å². The summed E-state index contributed by atoms with van der Waals surface area (Å²) < 4.78 is 5.03. The van der Waals surface area contributed by atoms with Gasteiger partial charge in [-0.25, -0.2) is 4.79 Å². The number of carbonyl (C=O) groups is 2. The maximum atomic E-state index is 12.6. The standard InChI is InChI=1S/C18H26N2O3/c1-4-23-18(22)20-11-7-8-14(12-20)17(21)19-16-10-6-5-9-15(16)13(2)3/h5-6,9-10,13-14H,4,7-8,11-12H2,1-3H3,(H,19,21). The molecule has 0 spiro atoms. The number of amides is 2. The molecule has 0 aromatic heterocycles. The highest BCUT2D eigenvalue weighted by molar-refractivity contribution is 5.93. The van der Waals surface area contributed by atoms with Crippen LogP contribution in [0.1, 0.15) is 45.1 Å². The number of rotatable bonds is 4. The monoisotopic (exact) mass is 318 g/mol. The Balaban J connectivity index is 2.02. The molecule has 1 aliphatic rings. The van der Waals surface area contributed by atoms with E-state index in [4.69, 9.17) is 4.74 Å². The second kappa shape index (κ2) is 7.99. The zero-order valence-electron chi connectivity index (χ0n) is 14.2. The highest BCUT2D eigenvalue weighted by Gasteiger charge is 2.29. The van der Waals surface area contributed by atoms with E-state index in [0.29, 0.717) is 25.6 Å². The van der Waals surface area contributed by atoms with E-state index in [0.717, 1.165) is 24.1 Å². The van der Waals surface area contributed by atoms with Gasteiger partial charge in [-0.15, -0.1) is 0 Å². The SMILES string of the molecule is CCOC(=O)N1CCCC(C(=O)Nc2ccccc2C(C)C)C1. The Hall–Kier alpha value is -2.04. The number of hydrogen-bond acceptors (Lipinski definition) is 3. The van der Waals surface area contributed by atoms with E-state index >= 15 is 0 Å². The summed E-state index contributed by atoms with van der Waals surface area (Å²) in [6, 6.07) is 7.87. The van der Waals surface area contributed by atoms with Gasteiger partial charge in [-0.1, -0.05) is 32.0 Å². The number of nitrogens with zero attached hydrogens (tertiary/aromatic N) is 1. The van der Waals surface area contributed by atoms with Gasteiger partial charge in [0.25, 0.3) is 0 Å². The van der Waals surface area contributed by atoms with Crippen molar-refractivity contribution < 1.29 is 14.3 Å². The van der Waals surface area contributed by atoms with Crippen molar-refractivity contribution in [2.75, 3.05) is 25.0 Å². The summed E-state index contributed by atoms with van der Waals surface area (Å²) in [5.41, 5.74) is 1.99. The van der Waals surface area contributed by atoms with Crippen LogP contribution in [-0.2, 0) is 9.53 Å². The average molecular weight is 318 g/mol. The van der Waals surface area contributed by atoms with E-state index in [1.165, 1.54) is 0 Å². The molecule has 23 heavy (non-hydrogen) atoms. The van der Waals surface area contributed by atoms with Gasteiger partial charge in [0.1, 0.15) is 0 Å². The Bertz CT molecular complexity index is 557.